The first-order valence-electron chi connectivity index (χ1n) is 6.77. The van der Waals surface area contributed by atoms with Crippen LogP contribution in [-0.2, 0) is 4.74 Å². The minimum Gasteiger partial charge on any atom is -0.377 e. The van der Waals surface area contributed by atoms with Crippen LogP contribution >= 0.6 is 0 Å². The molecule has 1 fully saturated rings. The van der Waals surface area contributed by atoms with E-state index in [0.29, 0.717) is 6.10 Å². The molecule has 0 radical (unpaired) electrons. The minimum atomic E-state index is 0.503. The maximum absolute atomic E-state index is 6.10. The lowest BCUT2D eigenvalue weighted by Gasteiger charge is -2.37. The molecular formula is C14H29NO. The molecule has 0 amide bonds. The molecule has 0 aromatic rings. The van der Waals surface area contributed by atoms with Crippen molar-refractivity contribution in [2.75, 3.05) is 27.2 Å². The van der Waals surface area contributed by atoms with Crippen molar-refractivity contribution < 1.29 is 4.74 Å². The fourth-order valence-electron chi connectivity index (χ4n) is 2.69. The van der Waals surface area contributed by atoms with Gasteiger partial charge in [0.05, 0.1) is 12.7 Å². The predicted octanol–water partition coefficient (Wildman–Crippen LogP) is 3.03. The summed E-state index contributed by atoms with van der Waals surface area (Å²) in [5.41, 5.74) is 0. The second-order valence-electron chi connectivity index (χ2n) is 6.04. The molecule has 0 aliphatic heterocycles. The summed E-state index contributed by atoms with van der Waals surface area (Å²) in [4.78, 5) is 2.19. The van der Waals surface area contributed by atoms with E-state index in [2.05, 4.69) is 39.8 Å². The third-order valence-electron chi connectivity index (χ3n) is 3.83. The maximum Gasteiger partial charge on any atom is 0.0608 e. The molecule has 0 heterocycles. The van der Waals surface area contributed by atoms with E-state index in [1.165, 1.54) is 19.3 Å². The van der Waals surface area contributed by atoms with Crippen molar-refractivity contribution in [3.63, 3.8) is 0 Å². The summed E-state index contributed by atoms with van der Waals surface area (Å²) >= 11 is 0. The smallest absolute Gasteiger partial charge is 0.0608 e. The lowest BCUT2D eigenvalue weighted by molar-refractivity contribution is -0.0417. The van der Waals surface area contributed by atoms with E-state index >= 15 is 0 Å². The Morgan fingerprint density at radius 3 is 2.50 bits per heavy atom. The summed E-state index contributed by atoms with van der Waals surface area (Å²) in [5, 5.41) is 0. The molecule has 96 valence electrons. The number of nitrogens with zero attached hydrogens (tertiary/aromatic N) is 1. The molecule has 0 aromatic heterocycles. The topological polar surface area (TPSA) is 12.5 Å². The van der Waals surface area contributed by atoms with Gasteiger partial charge in [-0.1, -0.05) is 27.2 Å². The molecule has 1 aliphatic carbocycles. The van der Waals surface area contributed by atoms with E-state index in [-0.39, 0.29) is 0 Å². The Labute approximate surface area is 101 Å². The van der Waals surface area contributed by atoms with Crippen molar-refractivity contribution in [2.45, 2.75) is 46.1 Å². The van der Waals surface area contributed by atoms with Crippen LogP contribution in [0.4, 0.5) is 0 Å². The van der Waals surface area contributed by atoms with Crippen LogP contribution in [0, 0.1) is 17.8 Å². The Morgan fingerprint density at radius 2 is 1.94 bits per heavy atom. The normalized spacial score (nSPS) is 31.3. The van der Waals surface area contributed by atoms with Crippen LogP contribution in [0.25, 0.3) is 0 Å². The number of ether oxygens (including phenoxy) is 1. The Kier molecular flexibility index (Phi) is 5.77. The van der Waals surface area contributed by atoms with E-state index in [4.69, 9.17) is 4.74 Å². The maximum atomic E-state index is 6.10. The lowest BCUT2D eigenvalue weighted by Crippen LogP contribution is -2.35. The van der Waals surface area contributed by atoms with Gasteiger partial charge < -0.3 is 9.64 Å². The van der Waals surface area contributed by atoms with E-state index in [0.717, 1.165) is 30.9 Å². The quantitative estimate of drug-likeness (QED) is 0.716. The molecule has 2 nitrogen and oxygen atoms in total. The van der Waals surface area contributed by atoms with Gasteiger partial charge in [0.15, 0.2) is 0 Å². The fraction of sp³-hybridized carbons (Fsp3) is 1.00. The van der Waals surface area contributed by atoms with Gasteiger partial charge in [-0.2, -0.15) is 0 Å². The van der Waals surface area contributed by atoms with Gasteiger partial charge in [-0.15, -0.1) is 0 Å². The van der Waals surface area contributed by atoms with E-state index < -0.39 is 0 Å². The van der Waals surface area contributed by atoms with Crippen molar-refractivity contribution in [2.24, 2.45) is 17.8 Å². The van der Waals surface area contributed by atoms with E-state index in [9.17, 15) is 0 Å². The summed E-state index contributed by atoms with van der Waals surface area (Å²) in [6, 6.07) is 0. The van der Waals surface area contributed by atoms with Gasteiger partial charge >= 0.3 is 0 Å². The van der Waals surface area contributed by atoms with Crippen LogP contribution < -0.4 is 0 Å². The van der Waals surface area contributed by atoms with E-state index in [1.54, 1.807) is 0 Å². The molecule has 0 N–H and O–H groups in total. The van der Waals surface area contributed by atoms with Crippen molar-refractivity contribution in [3.8, 4) is 0 Å². The van der Waals surface area contributed by atoms with Gasteiger partial charge in [-0.3, -0.25) is 0 Å². The van der Waals surface area contributed by atoms with Crippen molar-refractivity contribution in [1.82, 2.24) is 4.90 Å². The van der Waals surface area contributed by atoms with Gasteiger partial charge in [0.2, 0.25) is 0 Å². The van der Waals surface area contributed by atoms with Gasteiger partial charge in [-0.25, -0.2) is 0 Å². The zero-order valence-electron chi connectivity index (χ0n) is 11.7. The van der Waals surface area contributed by atoms with Crippen LogP contribution in [0.5, 0.6) is 0 Å². The Balaban J connectivity index is 2.38. The van der Waals surface area contributed by atoms with Crippen molar-refractivity contribution >= 4 is 0 Å². The highest BCUT2D eigenvalue weighted by Crippen LogP contribution is 2.35. The summed E-state index contributed by atoms with van der Waals surface area (Å²) in [6.07, 6.45) is 4.50. The number of likely N-dealkylation sites (N-methyl/N-ethyl adjacent to an activating group) is 1. The molecular weight excluding hydrogens is 198 g/mol. The predicted molar refractivity (Wildman–Crippen MR) is 69.6 cm³/mol. The van der Waals surface area contributed by atoms with Crippen LogP contribution in [0.2, 0.25) is 0 Å². The second-order valence-corrected chi connectivity index (χ2v) is 6.04. The molecule has 1 rings (SSSR count). The van der Waals surface area contributed by atoms with Gasteiger partial charge in [0.1, 0.15) is 0 Å². The monoisotopic (exact) mass is 227 g/mol. The highest BCUT2D eigenvalue weighted by Gasteiger charge is 2.31. The molecule has 0 saturated heterocycles. The number of rotatable bonds is 5. The Morgan fingerprint density at radius 1 is 1.25 bits per heavy atom. The number of hydrogen-bond donors (Lipinski definition) is 0. The molecule has 2 heteroatoms. The minimum absolute atomic E-state index is 0.503. The van der Waals surface area contributed by atoms with Gasteiger partial charge in [0.25, 0.3) is 0 Å². The first kappa shape index (κ1) is 14.0. The Hall–Kier alpha value is -0.0800. The molecule has 1 aliphatic rings. The molecule has 0 spiro atoms. The first-order chi connectivity index (χ1) is 7.50. The SMILES string of the molecule is CC(C)[C@H]1CC[C@H](C)C[C@H]1OCCN(C)C. The zero-order chi connectivity index (χ0) is 12.1. The van der Waals surface area contributed by atoms with Gasteiger partial charge in [0, 0.05) is 6.54 Å². The second kappa shape index (κ2) is 6.61. The molecule has 0 aromatic carbocycles. The van der Waals surface area contributed by atoms with E-state index in [1.807, 2.05) is 0 Å². The fourth-order valence-corrected chi connectivity index (χ4v) is 2.69. The van der Waals surface area contributed by atoms with Crippen LogP contribution in [-0.4, -0.2) is 38.3 Å². The Bertz CT molecular complexity index is 191. The first-order valence-corrected chi connectivity index (χ1v) is 6.77. The highest BCUT2D eigenvalue weighted by molar-refractivity contribution is 4.81. The van der Waals surface area contributed by atoms with Gasteiger partial charge in [-0.05, 0) is 44.7 Å². The molecule has 0 unspecified atom stereocenters. The molecule has 3 atom stereocenters. The highest BCUT2D eigenvalue weighted by atomic mass is 16.5. The van der Waals surface area contributed by atoms with Crippen LogP contribution in [0.3, 0.4) is 0 Å². The average molecular weight is 227 g/mol. The van der Waals surface area contributed by atoms with Crippen molar-refractivity contribution in [1.29, 1.82) is 0 Å². The van der Waals surface area contributed by atoms with Crippen LogP contribution in [0.15, 0.2) is 0 Å². The molecule has 16 heavy (non-hydrogen) atoms. The zero-order valence-corrected chi connectivity index (χ0v) is 11.7. The number of hydrogen-bond acceptors (Lipinski definition) is 2. The molecule has 0 bridgehead atoms. The molecule has 1 saturated carbocycles. The third kappa shape index (κ3) is 4.42. The summed E-state index contributed by atoms with van der Waals surface area (Å²) in [6.45, 7) is 8.95. The van der Waals surface area contributed by atoms with Crippen LogP contribution in [0.1, 0.15) is 40.0 Å². The largest absolute Gasteiger partial charge is 0.377 e. The summed E-state index contributed by atoms with van der Waals surface area (Å²) < 4.78 is 6.10. The third-order valence-corrected chi connectivity index (χ3v) is 3.83. The standard InChI is InChI=1S/C14H29NO/c1-11(2)13-7-6-12(3)10-14(13)16-9-8-15(4)5/h11-14H,6-10H2,1-5H3/t12-,13+,14+/m0/s1. The summed E-state index contributed by atoms with van der Waals surface area (Å²) in [7, 11) is 4.21. The summed E-state index contributed by atoms with van der Waals surface area (Å²) in [5.74, 6) is 2.38. The average Bonchev–Trinajstić information content (AvgIpc) is 2.16. The lowest BCUT2D eigenvalue weighted by atomic mass is 9.75. The van der Waals surface area contributed by atoms with Crippen molar-refractivity contribution in [3.05, 3.63) is 0 Å².